The number of benzene rings is 2. The number of imidazole rings is 1. The smallest absolute Gasteiger partial charge is 0.158 e. The number of hydrazone groups is 1. The third kappa shape index (κ3) is 3.18. The number of halogens is 1. The first-order chi connectivity index (χ1) is 15.2. The molecule has 0 unspecified atom stereocenters. The van der Waals surface area contributed by atoms with Gasteiger partial charge in [0.1, 0.15) is 17.3 Å². The molecule has 152 valence electrons. The summed E-state index contributed by atoms with van der Waals surface area (Å²) in [6.45, 7) is 0.941. The number of rotatable bonds is 4. The van der Waals surface area contributed by atoms with Crippen molar-refractivity contribution in [2.24, 2.45) is 5.10 Å². The topological polar surface area (TPSA) is 86.1 Å². The highest BCUT2D eigenvalue weighted by atomic mass is 19.1. The van der Waals surface area contributed by atoms with Crippen LogP contribution in [0.5, 0.6) is 0 Å². The van der Waals surface area contributed by atoms with Crippen LogP contribution in [0.15, 0.2) is 70.4 Å². The fourth-order valence-corrected chi connectivity index (χ4v) is 3.79. The van der Waals surface area contributed by atoms with Crippen molar-refractivity contribution in [1.82, 2.24) is 25.1 Å². The van der Waals surface area contributed by atoms with E-state index in [9.17, 15) is 4.39 Å². The van der Waals surface area contributed by atoms with E-state index in [0.29, 0.717) is 30.2 Å². The summed E-state index contributed by atoms with van der Waals surface area (Å²) in [6, 6.07) is 16.7. The van der Waals surface area contributed by atoms with Gasteiger partial charge in [0.25, 0.3) is 0 Å². The first kappa shape index (κ1) is 17.6. The minimum Gasteiger partial charge on any atom is -0.361 e. The summed E-state index contributed by atoms with van der Waals surface area (Å²) in [5.41, 5.74) is 4.85. The van der Waals surface area contributed by atoms with Gasteiger partial charge in [0.2, 0.25) is 0 Å². The van der Waals surface area contributed by atoms with Crippen LogP contribution in [0.3, 0.4) is 0 Å². The zero-order valence-corrected chi connectivity index (χ0v) is 16.3. The van der Waals surface area contributed by atoms with Crippen molar-refractivity contribution in [1.29, 1.82) is 0 Å². The molecule has 6 rings (SSSR count). The molecular formula is C23H17FN6O. The first-order valence-electron chi connectivity index (χ1n) is 9.89. The minimum atomic E-state index is -0.311. The normalized spacial score (nSPS) is 13.1. The SMILES string of the molecule is Fc1ccccc1-c1nc2c([nH]1)C=NN(Cc1cc(-c3ccc4cc[nH]c4c3)no1)C2. The van der Waals surface area contributed by atoms with Crippen molar-refractivity contribution in [2.75, 3.05) is 0 Å². The number of nitrogens with one attached hydrogen (secondary N) is 2. The van der Waals surface area contributed by atoms with E-state index in [0.717, 1.165) is 33.5 Å². The van der Waals surface area contributed by atoms with Crippen LogP contribution in [-0.4, -0.2) is 31.3 Å². The Labute approximate surface area is 176 Å². The molecule has 0 fully saturated rings. The van der Waals surface area contributed by atoms with Crippen molar-refractivity contribution < 1.29 is 8.91 Å². The Kier molecular flexibility index (Phi) is 3.95. The monoisotopic (exact) mass is 412 g/mol. The number of aromatic amines is 2. The van der Waals surface area contributed by atoms with Gasteiger partial charge in [-0.2, -0.15) is 5.10 Å². The maximum absolute atomic E-state index is 14.1. The third-order valence-electron chi connectivity index (χ3n) is 5.37. The summed E-state index contributed by atoms with van der Waals surface area (Å²) < 4.78 is 19.6. The molecule has 3 aromatic heterocycles. The maximum Gasteiger partial charge on any atom is 0.158 e. The Balaban J connectivity index is 1.20. The second kappa shape index (κ2) is 6.94. The first-order valence-corrected chi connectivity index (χ1v) is 9.89. The van der Waals surface area contributed by atoms with E-state index in [1.54, 1.807) is 24.4 Å². The summed E-state index contributed by atoms with van der Waals surface area (Å²) in [5, 5.41) is 11.7. The zero-order valence-electron chi connectivity index (χ0n) is 16.3. The molecule has 4 heterocycles. The molecule has 0 atom stereocenters. The summed E-state index contributed by atoms with van der Waals surface area (Å²) in [7, 11) is 0. The largest absolute Gasteiger partial charge is 0.361 e. The number of hydrogen-bond donors (Lipinski definition) is 2. The van der Waals surface area contributed by atoms with E-state index < -0.39 is 0 Å². The summed E-state index contributed by atoms with van der Waals surface area (Å²) in [4.78, 5) is 10.9. The highest BCUT2D eigenvalue weighted by molar-refractivity contribution is 5.84. The molecular weight excluding hydrogens is 395 g/mol. The number of fused-ring (bicyclic) bond motifs is 2. The van der Waals surface area contributed by atoms with Crippen molar-refractivity contribution in [3.8, 4) is 22.6 Å². The summed E-state index contributed by atoms with van der Waals surface area (Å²) in [5.74, 6) is 0.888. The lowest BCUT2D eigenvalue weighted by atomic mass is 10.1. The van der Waals surface area contributed by atoms with Gasteiger partial charge in [-0.3, -0.25) is 5.01 Å². The lowest BCUT2D eigenvalue weighted by Crippen LogP contribution is -2.21. The van der Waals surface area contributed by atoms with E-state index >= 15 is 0 Å². The number of nitrogens with zero attached hydrogens (tertiary/aromatic N) is 4. The maximum atomic E-state index is 14.1. The van der Waals surface area contributed by atoms with Gasteiger partial charge in [-0.05, 0) is 29.7 Å². The average Bonchev–Trinajstić information content (AvgIpc) is 3.52. The van der Waals surface area contributed by atoms with Crippen molar-refractivity contribution in [3.63, 3.8) is 0 Å². The lowest BCUT2D eigenvalue weighted by Gasteiger charge is -2.19. The van der Waals surface area contributed by atoms with Crippen LogP contribution in [0.2, 0.25) is 0 Å². The van der Waals surface area contributed by atoms with Crippen LogP contribution in [0.25, 0.3) is 33.5 Å². The van der Waals surface area contributed by atoms with Gasteiger partial charge in [-0.25, -0.2) is 9.37 Å². The second-order valence-corrected chi connectivity index (χ2v) is 7.45. The molecule has 0 saturated carbocycles. The molecule has 0 saturated heterocycles. The molecule has 31 heavy (non-hydrogen) atoms. The van der Waals surface area contributed by atoms with E-state index in [1.165, 1.54) is 6.07 Å². The fourth-order valence-electron chi connectivity index (χ4n) is 3.79. The molecule has 2 N–H and O–H groups in total. The molecule has 1 aliphatic heterocycles. The molecule has 0 radical (unpaired) electrons. The Hall–Kier alpha value is -4.20. The molecule has 0 spiro atoms. The summed E-state index contributed by atoms with van der Waals surface area (Å²) in [6.07, 6.45) is 3.62. The standard InChI is InChI=1S/C23H17FN6O/c24-18-4-2-1-3-17(18)23-27-21-11-26-30(13-22(21)28-23)12-16-10-20(29-31-16)15-6-5-14-7-8-25-19(14)9-15/h1-11,25H,12-13H2,(H,27,28). The van der Waals surface area contributed by atoms with Gasteiger partial charge >= 0.3 is 0 Å². The molecule has 7 nitrogen and oxygen atoms in total. The van der Waals surface area contributed by atoms with Crippen LogP contribution in [0.1, 0.15) is 17.1 Å². The third-order valence-corrected chi connectivity index (χ3v) is 5.37. The summed E-state index contributed by atoms with van der Waals surface area (Å²) >= 11 is 0. The van der Waals surface area contributed by atoms with Gasteiger partial charge in [0, 0.05) is 23.3 Å². The van der Waals surface area contributed by atoms with Crippen LogP contribution in [0, 0.1) is 5.82 Å². The van der Waals surface area contributed by atoms with Crippen LogP contribution >= 0.6 is 0 Å². The number of hydrogen-bond acceptors (Lipinski definition) is 5. The van der Waals surface area contributed by atoms with Crippen molar-refractivity contribution >= 4 is 17.1 Å². The van der Waals surface area contributed by atoms with E-state index in [4.69, 9.17) is 4.52 Å². The van der Waals surface area contributed by atoms with Gasteiger partial charge in [0.15, 0.2) is 5.76 Å². The molecule has 0 bridgehead atoms. The minimum absolute atomic E-state index is 0.311. The average molecular weight is 412 g/mol. The highest BCUT2D eigenvalue weighted by Gasteiger charge is 2.20. The van der Waals surface area contributed by atoms with E-state index in [1.807, 2.05) is 29.4 Å². The van der Waals surface area contributed by atoms with Gasteiger partial charge < -0.3 is 14.5 Å². The molecule has 2 aromatic carbocycles. The predicted molar refractivity (Wildman–Crippen MR) is 115 cm³/mol. The number of aromatic nitrogens is 4. The number of H-pyrrole nitrogens is 2. The molecule has 0 aliphatic carbocycles. The van der Waals surface area contributed by atoms with Gasteiger partial charge in [-0.1, -0.05) is 29.4 Å². The van der Waals surface area contributed by atoms with E-state index in [2.05, 4.69) is 37.3 Å². The second-order valence-electron chi connectivity index (χ2n) is 7.45. The van der Waals surface area contributed by atoms with Crippen LogP contribution in [-0.2, 0) is 13.1 Å². The van der Waals surface area contributed by atoms with Crippen molar-refractivity contribution in [3.05, 3.63) is 83.8 Å². The Morgan fingerprint density at radius 2 is 2.03 bits per heavy atom. The zero-order chi connectivity index (χ0) is 20.8. The Bertz CT molecular complexity index is 1430. The predicted octanol–water partition coefficient (Wildman–Crippen LogP) is 4.70. The quantitative estimate of drug-likeness (QED) is 0.448. The highest BCUT2D eigenvalue weighted by Crippen LogP contribution is 2.26. The molecule has 5 aromatic rings. The lowest BCUT2D eigenvalue weighted by molar-refractivity contribution is 0.229. The van der Waals surface area contributed by atoms with Gasteiger partial charge in [-0.15, -0.1) is 0 Å². The molecule has 0 amide bonds. The van der Waals surface area contributed by atoms with Crippen LogP contribution in [0.4, 0.5) is 4.39 Å². The van der Waals surface area contributed by atoms with E-state index in [-0.39, 0.29) is 5.82 Å². The fraction of sp³-hybridized carbons (Fsp3) is 0.0870. The molecule has 1 aliphatic rings. The molecule has 8 heteroatoms. The van der Waals surface area contributed by atoms with Gasteiger partial charge in [0.05, 0.1) is 36.3 Å². The Morgan fingerprint density at radius 1 is 1.10 bits per heavy atom. The van der Waals surface area contributed by atoms with Crippen molar-refractivity contribution in [2.45, 2.75) is 13.1 Å². The van der Waals surface area contributed by atoms with Crippen LogP contribution < -0.4 is 0 Å². The Morgan fingerprint density at radius 3 is 2.97 bits per heavy atom.